The van der Waals surface area contributed by atoms with E-state index >= 15 is 0 Å². The Balaban J connectivity index is 1.34. The molecule has 0 radical (unpaired) electrons. The lowest BCUT2D eigenvalue weighted by Crippen LogP contribution is -2.06. The van der Waals surface area contributed by atoms with Crippen LogP contribution in [0.3, 0.4) is 0 Å². The Morgan fingerprint density at radius 1 is 0.538 bits per heavy atom. The summed E-state index contributed by atoms with van der Waals surface area (Å²) in [6, 6.07) is 48.7. The summed E-state index contributed by atoms with van der Waals surface area (Å²) in [7, 11) is 0. The lowest BCUT2D eigenvalue weighted by Gasteiger charge is -2.11. The number of benzene rings is 6. The van der Waals surface area contributed by atoms with Crippen molar-refractivity contribution in [1.29, 1.82) is 0 Å². The fraction of sp³-hybridized carbons (Fsp3) is 0.0217. The van der Waals surface area contributed by atoms with Crippen molar-refractivity contribution in [3.63, 3.8) is 0 Å². The molecule has 0 N–H and O–H groups in total. The summed E-state index contributed by atoms with van der Waals surface area (Å²) in [5.41, 5.74) is 8.75. The third kappa shape index (κ3) is 4.58. The Bertz CT molecular complexity index is 2970. The van der Waals surface area contributed by atoms with Crippen molar-refractivity contribution >= 4 is 70.3 Å². The zero-order valence-corrected chi connectivity index (χ0v) is 29.2. The highest BCUT2D eigenvalue weighted by Crippen LogP contribution is 2.46. The molecular weight excluding hydrogens is 655 g/mol. The molecule has 246 valence electrons. The van der Waals surface area contributed by atoms with Gasteiger partial charge < -0.3 is 4.57 Å². The molecule has 0 unspecified atom stereocenters. The summed E-state index contributed by atoms with van der Waals surface area (Å²) in [5.74, 6) is 1.86. The van der Waals surface area contributed by atoms with Crippen LogP contribution < -0.4 is 0 Å². The second-order valence-corrected chi connectivity index (χ2v) is 13.9. The molecule has 0 saturated heterocycles. The van der Waals surface area contributed by atoms with Crippen LogP contribution in [-0.2, 0) is 0 Å². The number of rotatable bonds is 6. The Morgan fingerprint density at radius 2 is 1.08 bits per heavy atom. The molecule has 0 saturated carbocycles. The van der Waals surface area contributed by atoms with Gasteiger partial charge in [0.05, 0.1) is 25.9 Å². The molecule has 0 aliphatic carbocycles. The fourth-order valence-corrected chi connectivity index (χ4v) is 8.97. The van der Waals surface area contributed by atoms with E-state index < -0.39 is 0 Å². The predicted octanol–water partition coefficient (Wildman–Crippen LogP) is 12.1. The fourth-order valence-electron chi connectivity index (χ4n) is 7.59. The van der Waals surface area contributed by atoms with Crippen molar-refractivity contribution in [3.05, 3.63) is 170 Å². The molecule has 6 aromatic carbocycles. The molecule has 0 amide bonds. The summed E-state index contributed by atoms with van der Waals surface area (Å²) in [6.45, 7) is 6.17. The first-order valence-electron chi connectivity index (χ1n) is 17.3. The van der Waals surface area contributed by atoms with Gasteiger partial charge in [0.1, 0.15) is 0 Å². The maximum absolute atomic E-state index is 5.21. The largest absolute Gasteiger partial charge is 0.308 e. The molecule has 0 spiro atoms. The molecule has 4 aromatic heterocycles. The zero-order chi connectivity index (χ0) is 34.8. The van der Waals surface area contributed by atoms with Gasteiger partial charge >= 0.3 is 0 Å². The van der Waals surface area contributed by atoms with E-state index in [1.807, 2.05) is 59.9 Å². The summed E-state index contributed by atoms with van der Waals surface area (Å²) in [6.07, 6.45) is 6.03. The van der Waals surface area contributed by atoms with Gasteiger partial charge in [0.25, 0.3) is 0 Å². The molecule has 0 fully saturated rings. The summed E-state index contributed by atoms with van der Waals surface area (Å²) in [4.78, 5) is 15.4. The SMILES string of the molecule is C=C/C=C\c1c(C)c2ccc3c4ccc5c6ccccc6n(-c6nc(-c7ccccc7)nc(-c7ccccc7)n6)c5c4sc3c2n1-c1ccccc1. The van der Waals surface area contributed by atoms with Crippen LogP contribution in [0.4, 0.5) is 0 Å². The Hall–Kier alpha value is -6.63. The smallest absolute Gasteiger partial charge is 0.238 e. The highest BCUT2D eigenvalue weighted by molar-refractivity contribution is 7.27. The Morgan fingerprint density at radius 3 is 1.71 bits per heavy atom. The number of para-hydroxylation sites is 2. The number of fused-ring (bicyclic) bond motifs is 9. The number of allylic oxidation sites excluding steroid dienone is 2. The first-order valence-corrected chi connectivity index (χ1v) is 18.2. The van der Waals surface area contributed by atoms with Gasteiger partial charge in [-0.3, -0.25) is 4.57 Å². The van der Waals surface area contributed by atoms with E-state index in [0.717, 1.165) is 44.3 Å². The minimum absolute atomic E-state index is 0.592. The van der Waals surface area contributed by atoms with Gasteiger partial charge in [0, 0.05) is 49.4 Å². The van der Waals surface area contributed by atoms with Crippen molar-refractivity contribution in [3.8, 4) is 34.4 Å². The quantitative estimate of drug-likeness (QED) is 0.164. The van der Waals surface area contributed by atoms with E-state index in [9.17, 15) is 0 Å². The van der Waals surface area contributed by atoms with Crippen molar-refractivity contribution in [1.82, 2.24) is 24.1 Å². The zero-order valence-electron chi connectivity index (χ0n) is 28.4. The van der Waals surface area contributed by atoms with Gasteiger partial charge in [-0.05, 0) is 36.8 Å². The summed E-state index contributed by atoms with van der Waals surface area (Å²) < 4.78 is 7.09. The summed E-state index contributed by atoms with van der Waals surface area (Å²) >= 11 is 1.84. The molecule has 0 aliphatic rings. The highest BCUT2D eigenvalue weighted by atomic mass is 32.1. The maximum atomic E-state index is 5.21. The van der Waals surface area contributed by atoms with Crippen LogP contribution in [0.25, 0.3) is 93.4 Å². The van der Waals surface area contributed by atoms with E-state index in [4.69, 9.17) is 15.0 Å². The third-order valence-electron chi connectivity index (χ3n) is 9.96. The lowest BCUT2D eigenvalue weighted by atomic mass is 10.1. The molecule has 10 aromatic rings. The van der Waals surface area contributed by atoms with Crippen LogP contribution in [0.1, 0.15) is 11.3 Å². The number of nitrogens with zero attached hydrogens (tertiary/aromatic N) is 5. The van der Waals surface area contributed by atoms with Crippen LogP contribution in [0, 0.1) is 6.92 Å². The first kappa shape index (κ1) is 30.2. The Labute approximate surface area is 304 Å². The average Bonchev–Trinajstić information content (AvgIpc) is 3.85. The minimum atomic E-state index is 0.592. The highest BCUT2D eigenvalue weighted by Gasteiger charge is 2.23. The topological polar surface area (TPSA) is 48.5 Å². The number of thiophene rings is 1. The predicted molar refractivity (Wildman–Crippen MR) is 219 cm³/mol. The van der Waals surface area contributed by atoms with Crippen molar-refractivity contribution in [2.24, 2.45) is 0 Å². The number of hydrogen-bond acceptors (Lipinski definition) is 4. The van der Waals surface area contributed by atoms with E-state index in [1.165, 1.54) is 36.6 Å². The van der Waals surface area contributed by atoms with Crippen LogP contribution >= 0.6 is 11.3 Å². The van der Waals surface area contributed by atoms with E-state index in [1.54, 1.807) is 0 Å². The molecule has 4 heterocycles. The van der Waals surface area contributed by atoms with E-state index in [-0.39, 0.29) is 0 Å². The first-order chi connectivity index (χ1) is 25.7. The molecule has 5 nitrogen and oxygen atoms in total. The molecule has 10 rings (SSSR count). The van der Waals surface area contributed by atoms with Crippen LogP contribution in [-0.4, -0.2) is 24.1 Å². The number of hydrogen-bond donors (Lipinski definition) is 0. The van der Waals surface area contributed by atoms with Gasteiger partial charge in [-0.2, -0.15) is 9.97 Å². The molecule has 0 atom stereocenters. The van der Waals surface area contributed by atoms with Crippen molar-refractivity contribution in [2.75, 3.05) is 0 Å². The molecule has 0 bridgehead atoms. The van der Waals surface area contributed by atoms with Gasteiger partial charge in [0.2, 0.25) is 5.95 Å². The van der Waals surface area contributed by atoms with E-state index in [0.29, 0.717) is 17.6 Å². The molecule has 0 aliphatic heterocycles. The standard InChI is InChI=1S/C46H31N5S/c1-3-4-23-38-29(2)33-25-27-36-37-28-26-35-34-22-14-15-24-39(34)51(41(35)43(37)52-42(36)40(33)50(38)32-20-12-7-13-21-32)46-48-44(30-16-8-5-9-17-30)47-45(49-46)31-18-10-6-11-19-31/h3-28H,1H2,2H3/b23-4-. The molecule has 52 heavy (non-hydrogen) atoms. The Kier molecular flexibility index (Phi) is 6.98. The lowest BCUT2D eigenvalue weighted by molar-refractivity contribution is 0.955. The van der Waals surface area contributed by atoms with Gasteiger partial charge in [-0.25, -0.2) is 4.98 Å². The van der Waals surface area contributed by atoms with Gasteiger partial charge in [-0.1, -0.05) is 140 Å². The average molecular weight is 686 g/mol. The van der Waals surface area contributed by atoms with Gasteiger partial charge in [0.15, 0.2) is 11.6 Å². The van der Waals surface area contributed by atoms with Crippen LogP contribution in [0.5, 0.6) is 0 Å². The monoisotopic (exact) mass is 685 g/mol. The third-order valence-corrected chi connectivity index (χ3v) is 11.2. The van der Waals surface area contributed by atoms with E-state index in [2.05, 4.69) is 132 Å². The molecular formula is C46H31N5S. The minimum Gasteiger partial charge on any atom is -0.308 e. The van der Waals surface area contributed by atoms with Crippen molar-refractivity contribution < 1.29 is 0 Å². The van der Waals surface area contributed by atoms with Crippen molar-refractivity contribution in [2.45, 2.75) is 6.92 Å². The normalized spacial score (nSPS) is 11.9. The maximum Gasteiger partial charge on any atom is 0.238 e. The van der Waals surface area contributed by atoms with Crippen LogP contribution in [0.15, 0.2) is 158 Å². The molecule has 6 heteroatoms. The number of aromatic nitrogens is 5. The second-order valence-electron chi connectivity index (χ2n) is 12.9. The van der Waals surface area contributed by atoms with Gasteiger partial charge in [-0.15, -0.1) is 11.3 Å². The number of aryl methyl sites for hydroxylation is 1. The summed E-state index contributed by atoms with van der Waals surface area (Å²) in [5, 5.41) is 6.00. The van der Waals surface area contributed by atoms with Crippen LogP contribution in [0.2, 0.25) is 0 Å². The second kappa shape index (κ2) is 12.0.